The Labute approximate surface area is 176 Å². The Morgan fingerprint density at radius 1 is 0.967 bits per heavy atom. The molecule has 0 aromatic heterocycles. The van der Waals surface area contributed by atoms with E-state index in [9.17, 15) is 13.6 Å². The number of fused-ring (bicyclic) bond motifs is 2. The second-order valence-corrected chi connectivity index (χ2v) is 9.25. The largest absolute Gasteiger partial charge is 0.311 e. The van der Waals surface area contributed by atoms with Crippen LogP contribution in [0.15, 0.2) is 42.5 Å². The average molecular weight is 411 g/mol. The van der Waals surface area contributed by atoms with Crippen molar-refractivity contribution in [1.29, 1.82) is 0 Å². The Bertz CT molecular complexity index is 929. The summed E-state index contributed by atoms with van der Waals surface area (Å²) in [6, 6.07) is 11.6. The van der Waals surface area contributed by atoms with Crippen LogP contribution in [-0.2, 0) is 16.8 Å². The first-order chi connectivity index (χ1) is 14.5. The third-order valence-corrected chi connectivity index (χ3v) is 7.38. The zero-order valence-corrected chi connectivity index (χ0v) is 17.2. The molecule has 1 amide bonds. The van der Waals surface area contributed by atoms with Crippen molar-refractivity contribution in [3.05, 3.63) is 65.2 Å². The summed E-state index contributed by atoms with van der Waals surface area (Å²) >= 11 is 0. The van der Waals surface area contributed by atoms with Crippen molar-refractivity contribution in [3.63, 3.8) is 0 Å². The maximum absolute atomic E-state index is 14.2. The third kappa shape index (κ3) is 3.53. The van der Waals surface area contributed by atoms with Crippen LogP contribution in [0.4, 0.5) is 14.5 Å². The Morgan fingerprint density at radius 2 is 1.63 bits per heavy atom. The van der Waals surface area contributed by atoms with Crippen LogP contribution in [0.1, 0.15) is 49.7 Å². The number of carbonyl (C=O) groups is 1. The zero-order valence-electron chi connectivity index (χ0n) is 17.2. The van der Waals surface area contributed by atoms with E-state index in [4.69, 9.17) is 0 Å². The first kappa shape index (κ1) is 19.7. The van der Waals surface area contributed by atoms with Gasteiger partial charge in [0.05, 0.1) is 0 Å². The van der Waals surface area contributed by atoms with E-state index in [1.54, 1.807) is 12.1 Å². The van der Waals surface area contributed by atoms with Crippen molar-refractivity contribution < 1.29 is 13.6 Å². The summed E-state index contributed by atoms with van der Waals surface area (Å²) in [7, 11) is 0. The van der Waals surface area contributed by atoms with Crippen LogP contribution in [-0.4, -0.2) is 30.4 Å². The van der Waals surface area contributed by atoms with Gasteiger partial charge < -0.3 is 4.90 Å². The van der Waals surface area contributed by atoms with Gasteiger partial charge in [-0.15, -0.1) is 0 Å². The fraction of sp³-hybridized carbons (Fsp3) is 0.480. The minimum Gasteiger partial charge on any atom is -0.311 e. The van der Waals surface area contributed by atoms with Crippen LogP contribution in [0.2, 0.25) is 0 Å². The molecule has 0 radical (unpaired) electrons. The highest BCUT2D eigenvalue weighted by Crippen LogP contribution is 2.48. The minimum atomic E-state index is -0.225. The lowest BCUT2D eigenvalue weighted by Crippen LogP contribution is -2.46. The molecule has 1 saturated carbocycles. The van der Waals surface area contributed by atoms with Crippen molar-refractivity contribution in [2.45, 2.75) is 50.5 Å². The molecule has 5 rings (SSSR count). The van der Waals surface area contributed by atoms with Crippen LogP contribution in [0, 0.1) is 17.6 Å². The van der Waals surface area contributed by atoms with Crippen molar-refractivity contribution >= 4 is 11.6 Å². The van der Waals surface area contributed by atoms with Gasteiger partial charge in [-0.2, -0.15) is 0 Å². The summed E-state index contributed by atoms with van der Waals surface area (Å²) in [6.07, 6.45) is 6.01. The van der Waals surface area contributed by atoms with Gasteiger partial charge >= 0.3 is 0 Å². The molecule has 3 nitrogen and oxygen atoms in total. The van der Waals surface area contributed by atoms with Gasteiger partial charge in [-0.25, -0.2) is 8.78 Å². The van der Waals surface area contributed by atoms with Crippen molar-refractivity contribution in [3.8, 4) is 0 Å². The van der Waals surface area contributed by atoms with Crippen LogP contribution in [0.3, 0.4) is 0 Å². The Balaban J connectivity index is 1.35. The number of likely N-dealkylation sites (tertiary alicyclic amines) is 1. The first-order valence-corrected chi connectivity index (χ1v) is 11.1. The lowest BCUT2D eigenvalue weighted by molar-refractivity contribution is -0.122. The van der Waals surface area contributed by atoms with E-state index in [-0.39, 0.29) is 28.9 Å². The van der Waals surface area contributed by atoms with Gasteiger partial charge in [0.15, 0.2) is 0 Å². The average Bonchev–Trinajstić information content (AvgIpc) is 3.39. The first-order valence-electron chi connectivity index (χ1n) is 11.1. The molecule has 2 aliphatic heterocycles. The van der Waals surface area contributed by atoms with Crippen LogP contribution >= 0.6 is 0 Å². The highest BCUT2D eigenvalue weighted by atomic mass is 19.1. The van der Waals surface area contributed by atoms with Gasteiger partial charge in [0.25, 0.3) is 0 Å². The molecule has 3 aliphatic rings. The molecule has 0 bridgehead atoms. The smallest absolute Gasteiger partial charge is 0.230 e. The standard InChI is InChI=1S/C25H28F2N2O/c26-20-7-5-18(6-8-20)16-28-13-11-25(12-14-28)17-29(24(30)19-3-1-2-4-19)23-10-9-21(27)15-22(23)25/h5-10,15,19H,1-4,11-14,16-17H2. The molecule has 2 heterocycles. The Kier molecular flexibility index (Phi) is 5.10. The Hall–Kier alpha value is -2.27. The molecule has 5 heteroatoms. The van der Waals surface area contributed by atoms with Crippen LogP contribution in [0.5, 0.6) is 0 Å². The topological polar surface area (TPSA) is 23.6 Å². The molecule has 0 N–H and O–H groups in total. The number of carbonyl (C=O) groups excluding carboxylic acids is 1. The van der Waals surface area contributed by atoms with Gasteiger partial charge in [0.1, 0.15) is 11.6 Å². The molecular weight excluding hydrogens is 382 g/mol. The van der Waals surface area contributed by atoms with Gasteiger partial charge in [0, 0.05) is 30.1 Å². The molecule has 2 aromatic rings. The minimum absolute atomic E-state index is 0.122. The number of halogens is 2. The van der Waals surface area contributed by atoms with E-state index in [1.807, 2.05) is 17.0 Å². The number of hydrogen-bond donors (Lipinski definition) is 0. The highest BCUT2D eigenvalue weighted by molar-refractivity contribution is 5.98. The number of anilines is 1. The summed E-state index contributed by atoms with van der Waals surface area (Å²) in [6.45, 7) is 3.24. The van der Waals surface area contributed by atoms with Gasteiger partial charge in [0.2, 0.25) is 5.91 Å². The van der Waals surface area contributed by atoms with Crippen molar-refractivity contribution in [2.75, 3.05) is 24.5 Å². The second kappa shape index (κ2) is 7.77. The summed E-state index contributed by atoms with van der Waals surface area (Å²) in [4.78, 5) is 17.6. The van der Waals surface area contributed by atoms with E-state index in [0.717, 1.165) is 75.0 Å². The number of amides is 1. The Morgan fingerprint density at radius 3 is 2.33 bits per heavy atom. The molecule has 2 aromatic carbocycles. The second-order valence-electron chi connectivity index (χ2n) is 9.25. The van der Waals surface area contributed by atoms with E-state index in [0.29, 0.717) is 6.54 Å². The normalized spacial score (nSPS) is 21.3. The van der Waals surface area contributed by atoms with E-state index < -0.39 is 0 Å². The monoisotopic (exact) mass is 410 g/mol. The van der Waals surface area contributed by atoms with Gasteiger partial charge in [-0.1, -0.05) is 25.0 Å². The van der Waals surface area contributed by atoms with Crippen LogP contribution < -0.4 is 4.90 Å². The molecule has 158 valence electrons. The predicted molar refractivity (Wildman–Crippen MR) is 113 cm³/mol. The lowest BCUT2D eigenvalue weighted by Gasteiger charge is -2.40. The van der Waals surface area contributed by atoms with Gasteiger partial charge in [-0.05, 0) is 80.2 Å². The fourth-order valence-corrected chi connectivity index (χ4v) is 5.65. The number of hydrogen-bond acceptors (Lipinski definition) is 2. The van der Waals surface area contributed by atoms with E-state index >= 15 is 0 Å². The number of piperidine rings is 1. The predicted octanol–water partition coefficient (Wildman–Crippen LogP) is 5.04. The summed E-state index contributed by atoms with van der Waals surface area (Å²) < 4.78 is 27.4. The maximum Gasteiger partial charge on any atom is 0.230 e. The molecule has 30 heavy (non-hydrogen) atoms. The molecule has 0 atom stereocenters. The number of benzene rings is 2. The van der Waals surface area contributed by atoms with Crippen molar-refractivity contribution in [2.24, 2.45) is 5.92 Å². The zero-order chi connectivity index (χ0) is 20.7. The van der Waals surface area contributed by atoms with Gasteiger partial charge in [-0.3, -0.25) is 9.69 Å². The van der Waals surface area contributed by atoms with Crippen molar-refractivity contribution in [1.82, 2.24) is 4.90 Å². The summed E-state index contributed by atoms with van der Waals surface area (Å²) in [5, 5.41) is 0. The summed E-state index contributed by atoms with van der Waals surface area (Å²) in [5.74, 6) is -0.0902. The lowest BCUT2D eigenvalue weighted by atomic mass is 9.74. The number of nitrogens with zero attached hydrogens (tertiary/aromatic N) is 2. The van der Waals surface area contributed by atoms with E-state index in [2.05, 4.69) is 4.90 Å². The summed E-state index contributed by atoms with van der Waals surface area (Å²) in [5.41, 5.74) is 2.86. The SMILES string of the molecule is O=C(C1CCCC1)N1CC2(CCN(Cc3ccc(F)cc3)CC2)c2cc(F)ccc21. The highest BCUT2D eigenvalue weighted by Gasteiger charge is 2.47. The molecule has 2 fully saturated rings. The third-order valence-electron chi connectivity index (χ3n) is 7.38. The fourth-order valence-electron chi connectivity index (χ4n) is 5.65. The molecule has 1 spiro atoms. The quantitative estimate of drug-likeness (QED) is 0.708. The maximum atomic E-state index is 14.2. The molecule has 0 unspecified atom stereocenters. The molecule has 1 aliphatic carbocycles. The number of rotatable bonds is 3. The van der Waals surface area contributed by atoms with E-state index in [1.165, 1.54) is 18.2 Å². The molecular formula is C25H28F2N2O. The molecule has 1 saturated heterocycles. The van der Waals surface area contributed by atoms with Crippen LogP contribution in [0.25, 0.3) is 0 Å².